The molecule has 0 bridgehead atoms. The van der Waals surface area contributed by atoms with Crippen LogP contribution in [0.15, 0.2) is 5.38 Å². The number of likely N-dealkylation sites (N-methyl/N-ethyl adjacent to an activating group) is 1. The molecule has 6 heteroatoms. The van der Waals surface area contributed by atoms with Gasteiger partial charge in [0, 0.05) is 24.5 Å². The van der Waals surface area contributed by atoms with Crippen molar-refractivity contribution in [3.63, 3.8) is 0 Å². The molecule has 2 unspecified atom stereocenters. The summed E-state index contributed by atoms with van der Waals surface area (Å²) >= 11 is 1.43. The molecule has 0 radical (unpaired) electrons. The van der Waals surface area contributed by atoms with E-state index >= 15 is 0 Å². The Bertz CT molecular complexity index is 405. The lowest BCUT2D eigenvalue weighted by molar-refractivity contribution is 0.0943. The first kappa shape index (κ1) is 16.1. The second kappa shape index (κ2) is 7.57. The number of nitrogens with one attached hydrogen (secondary N) is 1. The number of nitrogens with zero attached hydrogens (tertiary/aromatic N) is 2. The third-order valence-corrected chi connectivity index (χ3v) is 4.28. The number of aromatic nitrogens is 1. The Kier molecular flexibility index (Phi) is 6.41. The molecular weight excluding hydrogens is 260 g/mol. The molecule has 19 heavy (non-hydrogen) atoms. The van der Waals surface area contributed by atoms with Gasteiger partial charge in [-0.2, -0.15) is 0 Å². The van der Waals surface area contributed by atoms with Crippen LogP contribution in [-0.2, 0) is 0 Å². The predicted octanol–water partition coefficient (Wildman–Crippen LogP) is 1.62. The van der Waals surface area contributed by atoms with E-state index in [9.17, 15) is 4.79 Å². The summed E-state index contributed by atoms with van der Waals surface area (Å²) in [5.74, 6) is -0.124. The van der Waals surface area contributed by atoms with Crippen LogP contribution >= 0.6 is 11.3 Å². The maximum absolute atomic E-state index is 11.9. The molecule has 0 saturated heterocycles. The average molecular weight is 284 g/mol. The van der Waals surface area contributed by atoms with Crippen LogP contribution in [-0.4, -0.2) is 42.0 Å². The zero-order chi connectivity index (χ0) is 14.4. The summed E-state index contributed by atoms with van der Waals surface area (Å²) in [7, 11) is 2.07. The van der Waals surface area contributed by atoms with Crippen molar-refractivity contribution in [1.29, 1.82) is 0 Å². The first-order chi connectivity index (χ1) is 8.95. The first-order valence-corrected chi connectivity index (χ1v) is 7.53. The van der Waals surface area contributed by atoms with Gasteiger partial charge in [0.05, 0.1) is 6.04 Å². The molecule has 1 rings (SSSR count). The van der Waals surface area contributed by atoms with Crippen LogP contribution in [0.3, 0.4) is 0 Å². The fourth-order valence-corrected chi connectivity index (χ4v) is 2.33. The maximum Gasteiger partial charge on any atom is 0.270 e. The van der Waals surface area contributed by atoms with Gasteiger partial charge in [0.2, 0.25) is 0 Å². The van der Waals surface area contributed by atoms with E-state index in [0.717, 1.165) is 18.0 Å². The topological polar surface area (TPSA) is 71.2 Å². The fraction of sp³-hybridized carbons (Fsp3) is 0.692. The number of nitrogens with two attached hydrogens (primary N) is 1. The van der Waals surface area contributed by atoms with Crippen LogP contribution in [0.1, 0.15) is 48.7 Å². The number of rotatable bonds is 7. The van der Waals surface area contributed by atoms with Gasteiger partial charge in [-0.3, -0.25) is 4.79 Å². The van der Waals surface area contributed by atoms with Gasteiger partial charge in [0.15, 0.2) is 0 Å². The van der Waals surface area contributed by atoms with Gasteiger partial charge in [-0.1, -0.05) is 6.92 Å². The number of hydrogen-bond acceptors (Lipinski definition) is 5. The highest BCUT2D eigenvalue weighted by Gasteiger charge is 2.13. The highest BCUT2D eigenvalue weighted by Crippen LogP contribution is 2.15. The van der Waals surface area contributed by atoms with Gasteiger partial charge in [-0.15, -0.1) is 11.3 Å². The summed E-state index contributed by atoms with van der Waals surface area (Å²) in [6.07, 6.45) is 1.11. The first-order valence-electron chi connectivity index (χ1n) is 6.65. The molecule has 1 heterocycles. The molecule has 2 atom stereocenters. The van der Waals surface area contributed by atoms with Crippen molar-refractivity contribution in [2.24, 2.45) is 5.73 Å². The highest BCUT2D eigenvalue weighted by atomic mass is 32.1. The lowest BCUT2D eigenvalue weighted by atomic mass is 10.2. The largest absolute Gasteiger partial charge is 0.349 e. The van der Waals surface area contributed by atoms with Gasteiger partial charge in [0.25, 0.3) is 5.91 Å². The molecule has 0 aliphatic carbocycles. The molecule has 0 fully saturated rings. The maximum atomic E-state index is 11.9. The van der Waals surface area contributed by atoms with E-state index in [2.05, 4.69) is 36.1 Å². The van der Waals surface area contributed by atoms with Crippen molar-refractivity contribution in [3.8, 4) is 0 Å². The minimum absolute atomic E-state index is 0.122. The third-order valence-electron chi connectivity index (χ3n) is 3.24. The monoisotopic (exact) mass is 284 g/mol. The molecule has 3 N–H and O–H groups in total. The Morgan fingerprint density at radius 2 is 2.26 bits per heavy atom. The average Bonchev–Trinajstić information content (AvgIpc) is 2.87. The summed E-state index contributed by atoms with van der Waals surface area (Å²) in [6, 6.07) is 0.406. The van der Waals surface area contributed by atoms with E-state index in [-0.39, 0.29) is 11.9 Å². The van der Waals surface area contributed by atoms with E-state index in [1.165, 1.54) is 11.3 Å². The Morgan fingerprint density at radius 3 is 2.79 bits per heavy atom. The zero-order valence-corrected chi connectivity index (χ0v) is 13.0. The van der Waals surface area contributed by atoms with E-state index in [4.69, 9.17) is 5.73 Å². The molecule has 0 spiro atoms. The van der Waals surface area contributed by atoms with Crippen LogP contribution in [0.5, 0.6) is 0 Å². The molecule has 1 amide bonds. The zero-order valence-electron chi connectivity index (χ0n) is 12.1. The normalized spacial score (nSPS) is 14.4. The lowest BCUT2D eigenvalue weighted by Crippen LogP contribution is -2.37. The van der Waals surface area contributed by atoms with E-state index < -0.39 is 0 Å². The number of thiazole rings is 1. The summed E-state index contributed by atoms with van der Waals surface area (Å²) in [5.41, 5.74) is 6.19. The molecule has 108 valence electrons. The molecular formula is C13H24N4OS. The molecule has 0 aliphatic rings. The smallest absolute Gasteiger partial charge is 0.270 e. The second-order valence-electron chi connectivity index (χ2n) is 4.85. The quantitative estimate of drug-likeness (QED) is 0.798. The SMILES string of the molecule is CCC(C)N(C)CCNC(=O)c1csc(C(C)N)n1. The van der Waals surface area contributed by atoms with Gasteiger partial charge in [-0.05, 0) is 27.3 Å². The summed E-state index contributed by atoms with van der Waals surface area (Å²) in [4.78, 5) is 18.3. The van der Waals surface area contributed by atoms with Gasteiger partial charge in [0.1, 0.15) is 10.7 Å². The fourth-order valence-electron chi connectivity index (χ4n) is 1.57. The Morgan fingerprint density at radius 1 is 1.58 bits per heavy atom. The number of amides is 1. The number of hydrogen-bond donors (Lipinski definition) is 2. The minimum atomic E-state index is -0.124. The molecule has 0 aromatic carbocycles. The van der Waals surface area contributed by atoms with Gasteiger partial charge >= 0.3 is 0 Å². The Hall–Kier alpha value is -0.980. The van der Waals surface area contributed by atoms with Gasteiger partial charge < -0.3 is 16.0 Å². The third kappa shape index (κ3) is 4.89. The molecule has 1 aromatic heterocycles. The van der Waals surface area contributed by atoms with Crippen molar-refractivity contribution in [2.75, 3.05) is 20.1 Å². The van der Waals surface area contributed by atoms with Crippen molar-refractivity contribution in [1.82, 2.24) is 15.2 Å². The molecule has 5 nitrogen and oxygen atoms in total. The Labute approximate surface area is 119 Å². The Balaban J connectivity index is 2.38. The number of carbonyl (C=O) groups is 1. The van der Waals surface area contributed by atoms with Crippen molar-refractivity contribution in [2.45, 2.75) is 39.3 Å². The summed E-state index contributed by atoms with van der Waals surface area (Å²) < 4.78 is 0. The van der Waals surface area contributed by atoms with Crippen LogP contribution in [0, 0.1) is 0 Å². The minimum Gasteiger partial charge on any atom is -0.349 e. The summed E-state index contributed by atoms with van der Waals surface area (Å²) in [5, 5.41) is 5.43. The predicted molar refractivity (Wildman–Crippen MR) is 79.4 cm³/mol. The number of carbonyl (C=O) groups excluding carboxylic acids is 1. The standard InChI is InChI=1S/C13H24N4OS/c1-5-9(2)17(4)7-6-15-12(18)11-8-19-13(16-11)10(3)14/h8-10H,5-7,14H2,1-4H3,(H,15,18). The van der Waals surface area contributed by atoms with E-state index in [1.54, 1.807) is 5.38 Å². The molecule has 1 aromatic rings. The van der Waals surface area contributed by atoms with Crippen LogP contribution in [0.2, 0.25) is 0 Å². The van der Waals surface area contributed by atoms with Gasteiger partial charge in [-0.25, -0.2) is 4.98 Å². The second-order valence-corrected chi connectivity index (χ2v) is 5.74. The summed E-state index contributed by atoms with van der Waals surface area (Å²) in [6.45, 7) is 7.67. The van der Waals surface area contributed by atoms with Crippen LogP contribution in [0.25, 0.3) is 0 Å². The van der Waals surface area contributed by atoms with E-state index in [0.29, 0.717) is 18.3 Å². The van der Waals surface area contributed by atoms with Crippen molar-refractivity contribution in [3.05, 3.63) is 16.1 Å². The van der Waals surface area contributed by atoms with Crippen molar-refractivity contribution < 1.29 is 4.79 Å². The van der Waals surface area contributed by atoms with Crippen LogP contribution in [0.4, 0.5) is 0 Å². The van der Waals surface area contributed by atoms with Crippen molar-refractivity contribution >= 4 is 17.2 Å². The van der Waals surface area contributed by atoms with Crippen LogP contribution < -0.4 is 11.1 Å². The highest BCUT2D eigenvalue weighted by molar-refractivity contribution is 7.09. The molecule has 0 aliphatic heterocycles. The molecule has 0 saturated carbocycles. The van der Waals surface area contributed by atoms with E-state index in [1.807, 2.05) is 6.92 Å². The lowest BCUT2D eigenvalue weighted by Gasteiger charge is -2.23.